The Morgan fingerprint density at radius 1 is 1.23 bits per heavy atom. The molecule has 0 aromatic heterocycles. The van der Waals surface area contributed by atoms with Crippen LogP contribution in [0.25, 0.3) is 6.08 Å². The second-order valence-electron chi connectivity index (χ2n) is 5.31. The Labute approximate surface area is 136 Å². The summed E-state index contributed by atoms with van der Waals surface area (Å²) in [4.78, 5) is 24.3. The van der Waals surface area contributed by atoms with E-state index in [1.807, 2.05) is 51.3 Å². The van der Waals surface area contributed by atoms with E-state index < -0.39 is 5.97 Å². The van der Waals surface area contributed by atoms with Crippen molar-refractivity contribution in [3.8, 4) is 0 Å². The van der Waals surface area contributed by atoms with Crippen molar-refractivity contribution in [3.05, 3.63) is 35.9 Å². The maximum Gasteiger partial charge on any atom is 0.331 e. The van der Waals surface area contributed by atoms with E-state index in [-0.39, 0.29) is 18.6 Å². The molecule has 0 bridgehead atoms. The van der Waals surface area contributed by atoms with Crippen molar-refractivity contribution in [2.75, 3.05) is 12.9 Å². The van der Waals surface area contributed by atoms with Crippen LogP contribution in [0.2, 0.25) is 0 Å². The van der Waals surface area contributed by atoms with Gasteiger partial charge in [-0.05, 0) is 42.9 Å². The predicted octanol–water partition coefficient (Wildman–Crippen LogP) is 3.13. The quantitative estimate of drug-likeness (QED) is 0.476. The lowest BCUT2D eigenvalue weighted by Crippen LogP contribution is -2.38. The van der Waals surface area contributed by atoms with Crippen LogP contribution in [0.3, 0.4) is 0 Å². The van der Waals surface area contributed by atoms with E-state index in [0.29, 0.717) is 5.92 Å². The van der Waals surface area contributed by atoms with E-state index in [1.165, 1.54) is 6.08 Å². The first-order chi connectivity index (χ1) is 10.4. The van der Waals surface area contributed by atoms with Gasteiger partial charge >= 0.3 is 5.97 Å². The minimum Gasteiger partial charge on any atom is -0.452 e. The molecule has 1 aromatic carbocycles. The van der Waals surface area contributed by atoms with Crippen LogP contribution < -0.4 is 5.32 Å². The Bertz CT molecular complexity index is 523. The third-order valence-corrected chi connectivity index (χ3v) is 4.01. The molecule has 1 N–H and O–H groups in total. The van der Waals surface area contributed by atoms with Crippen LogP contribution in [0.4, 0.5) is 0 Å². The van der Waals surface area contributed by atoms with Gasteiger partial charge in [0.2, 0.25) is 0 Å². The smallest absolute Gasteiger partial charge is 0.331 e. The molecule has 0 aliphatic rings. The van der Waals surface area contributed by atoms with Crippen molar-refractivity contribution >= 4 is 29.7 Å². The first-order valence-electron chi connectivity index (χ1n) is 7.20. The number of hydrogen-bond acceptors (Lipinski definition) is 4. The molecule has 1 aromatic rings. The second-order valence-corrected chi connectivity index (χ2v) is 6.19. The first kappa shape index (κ1) is 18.3. The zero-order valence-corrected chi connectivity index (χ0v) is 14.3. The molecule has 0 saturated heterocycles. The molecule has 120 valence electrons. The molecule has 22 heavy (non-hydrogen) atoms. The summed E-state index contributed by atoms with van der Waals surface area (Å²) in [6, 6.07) is 7.86. The van der Waals surface area contributed by atoms with E-state index >= 15 is 0 Å². The Hall–Kier alpha value is -1.75. The summed E-state index contributed by atoms with van der Waals surface area (Å²) in [6.45, 7) is 5.69. The molecule has 0 heterocycles. The molecule has 4 nitrogen and oxygen atoms in total. The van der Waals surface area contributed by atoms with Gasteiger partial charge in [-0.1, -0.05) is 26.0 Å². The number of thioether (sulfide) groups is 1. The summed E-state index contributed by atoms with van der Waals surface area (Å²) >= 11 is 1.66. The summed E-state index contributed by atoms with van der Waals surface area (Å²) in [5.74, 6) is -0.475. The van der Waals surface area contributed by atoms with Gasteiger partial charge in [0.05, 0.1) is 0 Å². The molecule has 0 aliphatic heterocycles. The molecule has 1 rings (SSSR count). The molecule has 1 atom stereocenters. The molecule has 0 unspecified atom stereocenters. The zero-order valence-electron chi connectivity index (χ0n) is 13.5. The summed E-state index contributed by atoms with van der Waals surface area (Å²) in [5, 5.41) is 2.78. The van der Waals surface area contributed by atoms with Gasteiger partial charge in [0.25, 0.3) is 5.91 Å². The normalized spacial score (nSPS) is 12.4. The Morgan fingerprint density at radius 2 is 1.86 bits per heavy atom. The molecule has 0 aliphatic carbocycles. The Balaban J connectivity index is 2.39. The second kappa shape index (κ2) is 9.30. The lowest BCUT2D eigenvalue weighted by molar-refractivity contribution is -0.144. The lowest BCUT2D eigenvalue weighted by atomic mass is 10.1. The average Bonchev–Trinajstić information content (AvgIpc) is 2.51. The fourth-order valence-corrected chi connectivity index (χ4v) is 1.93. The van der Waals surface area contributed by atoms with Crippen LogP contribution in [0.5, 0.6) is 0 Å². The Kier molecular flexibility index (Phi) is 7.74. The molecule has 0 saturated carbocycles. The third kappa shape index (κ3) is 6.80. The largest absolute Gasteiger partial charge is 0.452 e. The van der Waals surface area contributed by atoms with Crippen molar-refractivity contribution in [2.45, 2.75) is 31.7 Å². The highest BCUT2D eigenvalue weighted by atomic mass is 32.2. The number of rotatable bonds is 7. The number of esters is 1. The Morgan fingerprint density at radius 3 is 2.41 bits per heavy atom. The van der Waals surface area contributed by atoms with Gasteiger partial charge in [-0.15, -0.1) is 11.8 Å². The molecule has 0 radical (unpaired) electrons. The van der Waals surface area contributed by atoms with E-state index in [2.05, 4.69) is 5.32 Å². The van der Waals surface area contributed by atoms with E-state index in [9.17, 15) is 9.59 Å². The van der Waals surface area contributed by atoms with Gasteiger partial charge in [0, 0.05) is 17.0 Å². The van der Waals surface area contributed by atoms with Crippen LogP contribution in [0.15, 0.2) is 35.2 Å². The van der Waals surface area contributed by atoms with Crippen molar-refractivity contribution in [3.63, 3.8) is 0 Å². The van der Waals surface area contributed by atoms with E-state index in [1.54, 1.807) is 17.8 Å². The predicted molar refractivity (Wildman–Crippen MR) is 90.7 cm³/mol. The highest BCUT2D eigenvalue weighted by Gasteiger charge is 2.11. The molecular weight excluding hydrogens is 298 g/mol. The number of amides is 1. The minimum absolute atomic E-state index is 0.0525. The third-order valence-electron chi connectivity index (χ3n) is 3.26. The topological polar surface area (TPSA) is 55.4 Å². The van der Waals surface area contributed by atoms with Crippen molar-refractivity contribution < 1.29 is 14.3 Å². The molecule has 5 heteroatoms. The highest BCUT2D eigenvalue weighted by molar-refractivity contribution is 7.98. The average molecular weight is 321 g/mol. The van der Waals surface area contributed by atoms with Crippen molar-refractivity contribution in [2.24, 2.45) is 5.92 Å². The molecule has 1 amide bonds. The number of carbonyl (C=O) groups excluding carboxylic acids is 2. The highest BCUT2D eigenvalue weighted by Crippen LogP contribution is 2.15. The minimum atomic E-state index is -0.527. The van der Waals surface area contributed by atoms with Crippen LogP contribution in [-0.2, 0) is 14.3 Å². The van der Waals surface area contributed by atoms with Crippen molar-refractivity contribution in [1.29, 1.82) is 0 Å². The van der Waals surface area contributed by atoms with Gasteiger partial charge in [0.15, 0.2) is 6.61 Å². The summed E-state index contributed by atoms with van der Waals surface area (Å²) in [7, 11) is 0. The van der Waals surface area contributed by atoms with Crippen molar-refractivity contribution in [1.82, 2.24) is 5.32 Å². The first-order valence-corrected chi connectivity index (χ1v) is 8.43. The summed E-state index contributed by atoms with van der Waals surface area (Å²) < 4.78 is 4.91. The van der Waals surface area contributed by atoms with Gasteiger partial charge in [-0.25, -0.2) is 4.79 Å². The number of benzene rings is 1. The van der Waals surface area contributed by atoms with Gasteiger partial charge in [-0.3, -0.25) is 4.79 Å². The fraction of sp³-hybridized carbons (Fsp3) is 0.412. The van der Waals surface area contributed by atoms with Gasteiger partial charge in [0.1, 0.15) is 0 Å². The van der Waals surface area contributed by atoms with Crippen LogP contribution in [0, 0.1) is 5.92 Å². The fourth-order valence-electron chi connectivity index (χ4n) is 1.53. The summed E-state index contributed by atoms with van der Waals surface area (Å²) in [6.07, 6.45) is 5.00. The number of nitrogens with one attached hydrogen (secondary N) is 1. The van der Waals surface area contributed by atoms with Gasteiger partial charge < -0.3 is 10.1 Å². The number of carbonyl (C=O) groups is 2. The molecule has 0 spiro atoms. The summed E-state index contributed by atoms with van der Waals surface area (Å²) in [5.41, 5.74) is 0.910. The van der Waals surface area contributed by atoms with Gasteiger partial charge in [-0.2, -0.15) is 0 Å². The zero-order chi connectivity index (χ0) is 16.5. The van der Waals surface area contributed by atoms with Crippen LogP contribution >= 0.6 is 11.8 Å². The number of hydrogen-bond donors (Lipinski definition) is 1. The monoisotopic (exact) mass is 321 g/mol. The van der Waals surface area contributed by atoms with E-state index in [4.69, 9.17) is 4.74 Å². The van der Waals surface area contributed by atoms with E-state index in [0.717, 1.165) is 10.5 Å². The maximum atomic E-state index is 11.6. The lowest BCUT2D eigenvalue weighted by Gasteiger charge is -2.16. The van der Waals surface area contributed by atoms with Crippen LogP contribution in [-0.4, -0.2) is 30.8 Å². The molecule has 0 fully saturated rings. The SMILES string of the molecule is CSc1ccc(/C=C/C(=O)OCC(=O)N[C@@H](C)C(C)C)cc1. The van der Waals surface area contributed by atoms with Crippen LogP contribution in [0.1, 0.15) is 26.3 Å². The standard InChI is InChI=1S/C17H23NO3S/c1-12(2)13(3)18-16(19)11-21-17(20)10-7-14-5-8-15(22-4)9-6-14/h5-10,12-13H,11H2,1-4H3,(H,18,19)/b10-7+/t13-/m0/s1. The molecular formula is C17H23NO3S. The number of ether oxygens (including phenoxy) is 1. The maximum absolute atomic E-state index is 11.6.